The molecule has 0 saturated heterocycles. The second-order valence-corrected chi connectivity index (χ2v) is 13.8. The lowest BCUT2D eigenvalue weighted by Gasteiger charge is -2.55. The predicted octanol–water partition coefficient (Wildman–Crippen LogP) is 5.20. The summed E-state index contributed by atoms with van der Waals surface area (Å²) >= 11 is 3.39. The lowest BCUT2D eigenvalue weighted by Crippen LogP contribution is -2.72. The summed E-state index contributed by atoms with van der Waals surface area (Å²) in [5.41, 5.74) is -4.93. The molecule has 0 unspecified atom stereocenters. The third kappa shape index (κ3) is 7.43. The van der Waals surface area contributed by atoms with Crippen LogP contribution in [0.3, 0.4) is 0 Å². The van der Waals surface area contributed by atoms with E-state index in [1.165, 1.54) is 0 Å². The summed E-state index contributed by atoms with van der Waals surface area (Å²) in [4.78, 5) is 72.5. The van der Waals surface area contributed by atoms with Gasteiger partial charge in [0, 0.05) is 11.0 Å². The van der Waals surface area contributed by atoms with Gasteiger partial charge in [0.05, 0.1) is 36.1 Å². The van der Waals surface area contributed by atoms with Crippen LogP contribution in [0.2, 0.25) is 0 Å². The number of rotatable bonds is 13. The summed E-state index contributed by atoms with van der Waals surface area (Å²) in [5.74, 6) is -9.00. The summed E-state index contributed by atoms with van der Waals surface area (Å²) in [6.07, 6.45) is -0.605. The standard InChI is InChI=1S/C39H42BrNO10/c1-3-48-33(43)31-30(32(42)41-22-26-16-18-29(40)19-17-26)39(47)21-11-20-37(39,34(44)49-4-2)25-38(31,35(45)50-23-27-12-7-5-8-13-27)36(46)51-24-28-14-9-6-10-15-28/h5-10,12-19,30-31,47H,3-4,11,20-25H2,1-2H3,(H,41,42)/t30-,31-,37+,39+/m0/s1. The zero-order valence-corrected chi connectivity index (χ0v) is 30.2. The summed E-state index contributed by atoms with van der Waals surface area (Å²) in [5, 5.41) is 15.5. The molecule has 0 radical (unpaired) electrons. The predicted molar refractivity (Wildman–Crippen MR) is 187 cm³/mol. The quantitative estimate of drug-likeness (QED) is 0.135. The molecule has 270 valence electrons. The Hall–Kier alpha value is -4.55. The maximum absolute atomic E-state index is 14.8. The molecule has 2 saturated carbocycles. The van der Waals surface area contributed by atoms with E-state index in [1.807, 2.05) is 0 Å². The minimum atomic E-state index is -2.61. The van der Waals surface area contributed by atoms with E-state index >= 15 is 0 Å². The lowest BCUT2D eigenvalue weighted by molar-refractivity contribution is -0.231. The number of aliphatic hydroxyl groups is 1. The fraction of sp³-hybridized carbons (Fsp3) is 0.410. The molecule has 4 atom stereocenters. The van der Waals surface area contributed by atoms with Crippen LogP contribution in [0.4, 0.5) is 0 Å². The number of benzene rings is 3. The van der Waals surface area contributed by atoms with Gasteiger partial charge in [-0.15, -0.1) is 0 Å². The van der Waals surface area contributed by atoms with Crippen LogP contribution in [0.5, 0.6) is 0 Å². The minimum Gasteiger partial charge on any atom is -0.466 e. The highest BCUT2D eigenvalue weighted by Crippen LogP contribution is 2.65. The van der Waals surface area contributed by atoms with Crippen molar-refractivity contribution in [1.82, 2.24) is 5.32 Å². The zero-order valence-electron chi connectivity index (χ0n) is 28.6. The number of esters is 4. The first-order valence-corrected chi connectivity index (χ1v) is 17.8. The Morgan fingerprint density at radius 1 is 0.706 bits per heavy atom. The average molecular weight is 765 g/mol. The van der Waals surface area contributed by atoms with E-state index in [0.717, 1.165) is 4.47 Å². The molecule has 2 aliphatic carbocycles. The third-order valence-electron chi connectivity index (χ3n) is 9.97. The van der Waals surface area contributed by atoms with Crippen LogP contribution >= 0.6 is 15.9 Å². The molecule has 3 aromatic carbocycles. The van der Waals surface area contributed by atoms with E-state index in [9.17, 15) is 29.1 Å². The van der Waals surface area contributed by atoms with Gasteiger partial charge in [-0.05, 0) is 68.4 Å². The molecule has 0 spiro atoms. The molecule has 0 aliphatic heterocycles. The number of carbonyl (C=O) groups excluding carboxylic acids is 5. The van der Waals surface area contributed by atoms with Crippen LogP contribution in [-0.2, 0) is 62.7 Å². The highest BCUT2D eigenvalue weighted by Gasteiger charge is 2.79. The Morgan fingerprint density at radius 2 is 1.25 bits per heavy atom. The smallest absolute Gasteiger partial charge is 0.324 e. The molecule has 0 heterocycles. The molecule has 5 rings (SSSR count). The fourth-order valence-electron chi connectivity index (χ4n) is 7.60. The van der Waals surface area contributed by atoms with E-state index < -0.39 is 64.5 Å². The van der Waals surface area contributed by atoms with Crippen molar-refractivity contribution >= 4 is 45.7 Å². The SMILES string of the molecule is CCOC(=O)[C@@H]1[C@@H](C(=O)NCc2ccc(Br)cc2)[C@]2(O)CCC[C@]2(C(=O)OCC)CC1(C(=O)OCc1ccccc1)C(=O)OCc1ccccc1. The number of carbonyl (C=O) groups is 5. The zero-order chi connectivity index (χ0) is 36.6. The van der Waals surface area contributed by atoms with E-state index in [-0.39, 0.29) is 52.2 Å². The molecule has 51 heavy (non-hydrogen) atoms. The Morgan fingerprint density at radius 3 is 1.78 bits per heavy atom. The highest BCUT2D eigenvalue weighted by molar-refractivity contribution is 9.10. The van der Waals surface area contributed by atoms with Crippen molar-refractivity contribution in [3.05, 3.63) is 106 Å². The summed E-state index contributed by atoms with van der Waals surface area (Å²) in [6.45, 7) is 2.27. The number of halogens is 1. The Labute approximate surface area is 305 Å². The first-order valence-electron chi connectivity index (χ1n) is 17.0. The molecule has 2 fully saturated rings. The topological polar surface area (TPSA) is 155 Å². The number of hydrogen-bond acceptors (Lipinski definition) is 10. The number of fused-ring (bicyclic) bond motifs is 1. The first kappa shape index (κ1) is 37.7. The Kier molecular flexibility index (Phi) is 12.0. The summed E-state index contributed by atoms with van der Waals surface area (Å²) < 4.78 is 23.5. The molecule has 0 bridgehead atoms. The maximum Gasteiger partial charge on any atom is 0.324 e. The van der Waals surface area contributed by atoms with Crippen LogP contribution < -0.4 is 5.32 Å². The van der Waals surface area contributed by atoms with Gasteiger partial charge in [-0.2, -0.15) is 0 Å². The van der Waals surface area contributed by atoms with Crippen molar-refractivity contribution < 1.29 is 48.0 Å². The normalized spacial score (nSPS) is 23.3. The van der Waals surface area contributed by atoms with Crippen LogP contribution in [0, 0.1) is 22.7 Å². The van der Waals surface area contributed by atoms with Crippen molar-refractivity contribution in [1.29, 1.82) is 0 Å². The molecule has 0 aromatic heterocycles. The fourth-order valence-corrected chi connectivity index (χ4v) is 7.87. The number of nitrogens with one attached hydrogen (secondary N) is 1. The second kappa shape index (κ2) is 16.2. The maximum atomic E-state index is 14.8. The van der Waals surface area contributed by atoms with E-state index in [0.29, 0.717) is 16.7 Å². The van der Waals surface area contributed by atoms with Gasteiger partial charge in [-0.3, -0.25) is 24.0 Å². The van der Waals surface area contributed by atoms with Gasteiger partial charge >= 0.3 is 23.9 Å². The third-order valence-corrected chi connectivity index (χ3v) is 10.5. The average Bonchev–Trinajstić information content (AvgIpc) is 3.49. The number of amides is 1. The molecular weight excluding hydrogens is 722 g/mol. The van der Waals surface area contributed by atoms with Gasteiger partial charge in [-0.1, -0.05) is 88.7 Å². The monoisotopic (exact) mass is 763 g/mol. The van der Waals surface area contributed by atoms with Gasteiger partial charge < -0.3 is 29.4 Å². The van der Waals surface area contributed by atoms with Crippen molar-refractivity contribution in [3.63, 3.8) is 0 Å². The summed E-state index contributed by atoms with van der Waals surface area (Å²) in [7, 11) is 0. The van der Waals surface area contributed by atoms with Gasteiger partial charge in [0.2, 0.25) is 5.91 Å². The minimum absolute atomic E-state index is 0.0233. The number of ether oxygens (including phenoxy) is 4. The van der Waals surface area contributed by atoms with Crippen LogP contribution in [0.25, 0.3) is 0 Å². The van der Waals surface area contributed by atoms with Crippen molar-refractivity contribution in [2.45, 2.75) is 64.9 Å². The Balaban J connectivity index is 1.69. The first-order chi connectivity index (χ1) is 24.5. The lowest BCUT2D eigenvalue weighted by atomic mass is 9.47. The Bertz CT molecular complexity index is 1660. The van der Waals surface area contributed by atoms with E-state index in [1.54, 1.807) is 98.8 Å². The van der Waals surface area contributed by atoms with Crippen LogP contribution in [-0.4, -0.2) is 53.7 Å². The molecule has 3 aromatic rings. The highest BCUT2D eigenvalue weighted by atomic mass is 79.9. The van der Waals surface area contributed by atoms with Gasteiger partial charge in [0.25, 0.3) is 0 Å². The summed E-state index contributed by atoms with van der Waals surface area (Å²) in [6, 6.07) is 24.5. The molecular formula is C39H42BrNO10. The van der Waals surface area contributed by atoms with Gasteiger partial charge in [0.1, 0.15) is 13.2 Å². The van der Waals surface area contributed by atoms with Crippen LogP contribution in [0.15, 0.2) is 89.4 Å². The van der Waals surface area contributed by atoms with Gasteiger partial charge in [-0.25, -0.2) is 0 Å². The molecule has 1 amide bonds. The number of hydrogen-bond donors (Lipinski definition) is 2. The molecule has 2 N–H and O–H groups in total. The molecule has 12 heteroatoms. The molecule has 11 nitrogen and oxygen atoms in total. The largest absolute Gasteiger partial charge is 0.466 e. The van der Waals surface area contributed by atoms with Crippen molar-refractivity contribution in [2.75, 3.05) is 13.2 Å². The van der Waals surface area contributed by atoms with E-state index in [2.05, 4.69) is 21.2 Å². The van der Waals surface area contributed by atoms with Crippen molar-refractivity contribution in [2.24, 2.45) is 22.7 Å². The van der Waals surface area contributed by atoms with Crippen LogP contribution in [0.1, 0.15) is 56.2 Å². The van der Waals surface area contributed by atoms with E-state index in [4.69, 9.17) is 18.9 Å². The molecule has 2 aliphatic rings. The second-order valence-electron chi connectivity index (χ2n) is 12.9. The van der Waals surface area contributed by atoms with Gasteiger partial charge in [0.15, 0.2) is 5.41 Å². The van der Waals surface area contributed by atoms with Crippen molar-refractivity contribution in [3.8, 4) is 0 Å².